The third-order valence-corrected chi connectivity index (χ3v) is 5.12. The minimum absolute atomic E-state index is 0.107. The van der Waals surface area contributed by atoms with E-state index in [1.54, 1.807) is 12.2 Å². The van der Waals surface area contributed by atoms with Crippen molar-refractivity contribution in [3.8, 4) is 0 Å². The lowest BCUT2D eigenvalue weighted by Crippen LogP contribution is -2.28. The molecule has 0 radical (unpaired) electrons. The maximum atomic E-state index is 12.7. The third-order valence-electron chi connectivity index (χ3n) is 3.80. The van der Waals surface area contributed by atoms with E-state index in [0.717, 1.165) is 28.3 Å². The highest BCUT2D eigenvalue weighted by atomic mass is 32.2. The highest BCUT2D eigenvalue weighted by molar-refractivity contribution is 8.27. The van der Waals surface area contributed by atoms with Crippen LogP contribution in [0.1, 0.15) is 26.3 Å². The number of allylic oxidation sites excluding steroid dienone is 2. The van der Waals surface area contributed by atoms with Crippen molar-refractivity contribution in [3.05, 3.63) is 82.3 Å². The Labute approximate surface area is 169 Å². The summed E-state index contributed by atoms with van der Waals surface area (Å²) in [5.41, 5.74) is 0.596. The van der Waals surface area contributed by atoms with Crippen molar-refractivity contribution in [2.75, 3.05) is 4.90 Å². The number of carbonyl (C=O) groups is 3. The molecule has 2 aromatic rings. The van der Waals surface area contributed by atoms with E-state index >= 15 is 0 Å². The minimum Gasteiger partial charge on any atom is -0.478 e. The lowest BCUT2D eigenvalue weighted by atomic mass is 10.1. The topological polar surface area (TPSA) is 94.9 Å². The fraction of sp³-hybridized carbons (Fsp3) is 0. The Morgan fingerprint density at radius 1 is 1.00 bits per heavy atom. The Morgan fingerprint density at radius 2 is 1.61 bits per heavy atom. The standard InChI is InChI=1S/C20H13NO5S2/c22-17-16(8-4-7-12-5-2-1-3-6-12)28-20(27)21(17)15-10-13(18(23)24)9-14(11-15)19(25)26/h1-11H,(H,23,24)(H,25,26)/b7-4+,16-8+. The van der Waals surface area contributed by atoms with Gasteiger partial charge in [0.2, 0.25) is 0 Å². The number of amides is 1. The van der Waals surface area contributed by atoms with Crippen LogP contribution >= 0.6 is 24.0 Å². The van der Waals surface area contributed by atoms with Gasteiger partial charge in [-0.1, -0.05) is 66.5 Å². The third kappa shape index (κ3) is 4.19. The molecular weight excluding hydrogens is 398 g/mol. The zero-order valence-corrected chi connectivity index (χ0v) is 15.9. The maximum Gasteiger partial charge on any atom is 0.335 e. The number of aromatic carboxylic acids is 2. The van der Waals surface area contributed by atoms with Gasteiger partial charge in [0.05, 0.1) is 21.7 Å². The lowest BCUT2D eigenvalue weighted by Gasteiger charge is -2.16. The number of nitrogens with zero attached hydrogens (tertiary/aromatic N) is 1. The summed E-state index contributed by atoms with van der Waals surface area (Å²) in [4.78, 5) is 36.8. The van der Waals surface area contributed by atoms with E-state index in [-0.39, 0.29) is 21.1 Å². The van der Waals surface area contributed by atoms with Crippen molar-refractivity contribution in [2.45, 2.75) is 0 Å². The van der Waals surface area contributed by atoms with Crippen LogP contribution in [0.3, 0.4) is 0 Å². The Morgan fingerprint density at radius 3 is 2.18 bits per heavy atom. The molecule has 1 saturated heterocycles. The molecule has 6 nitrogen and oxygen atoms in total. The van der Waals surface area contributed by atoms with Crippen LogP contribution in [0.4, 0.5) is 5.69 Å². The molecule has 2 aromatic carbocycles. The summed E-state index contributed by atoms with van der Waals surface area (Å²) in [6.45, 7) is 0. The second-order valence-electron chi connectivity index (χ2n) is 5.69. The summed E-state index contributed by atoms with van der Waals surface area (Å²) < 4.78 is 0.197. The average Bonchev–Trinajstić information content (AvgIpc) is 2.95. The predicted octanol–water partition coefficient (Wildman–Crippen LogP) is 4.05. The van der Waals surface area contributed by atoms with E-state index in [1.165, 1.54) is 12.1 Å². The molecule has 0 aliphatic carbocycles. The van der Waals surface area contributed by atoms with E-state index in [1.807, 2.05) is 36.4 Å². The quantitative estimate of drug-likeness (QED) is 0.566. The van der Waals surface area contributed by atoms with Crippen LogP contribution in [0.2, 0.25) is 0 Å². The number of rotatable bonds is 5. The smallest absolute Gasteiger partial charge is 0.335 e. The summed E-state index contributed by atoms with van der Waals surface area (Å²) in [6, 6.07) is 13.0. The van der Waals surface area contributed by atoms with Crippen molar-refractivity contribution in [3.63, 3.8) is 0 Å². The summed E-state index contributed by atoms with van der Waals surface area (Å²) in [6.07, 6.45) is 5.17. The molecule has 1 fully saturated rings. The molecule has 0 bridgehead atoms. The van der Waals surface area contributed by atoms with Crippen molar-refractivity contribution >= 4 is 57.9 Å². The molecule has 1 amide bonds. The van der Waals surface area contributed by atoms with Gasteiger partial charge in [-0.15, -0.1) is 0 Å². The van der Waals surface area contributed by atoms with Gasteiger partial charge in [0.25, 0.3) is 5.91 Å². The normalized spacial score (nSPS) is 15.6. The first-order valence-corrected chi connectivity index (χ1v) is 9.20. The Hall–Kier alpha value is -3.23. The fourth-order valence-corrected chi connectivity index (χ4v) is 3.75. The number of carboxylic acids is 2. The van der Waals surface area contributed by atoms with Gasteiger partial charge in [0.15, 0.2) is 4.32 Å². The molecule has 3 rings (SSSR count). The summed E-state index contributed by atoms with van der Waals surface area (Å²) in [7, 11) is 0. The lowest BCUT2D eigenvalue weighted by molar-refractivity contribution is -0.113. The first kappa shape index (κ1) is 19.5. The van der Waals surface area contributed by atoms with Crippen molar-refractivity contribution in [1.82, 2.24) is 0 Å². The molecule has 0 atom stereocenters. The molecule has 140 valence electrons. The minimum atomic E-state index is -1.30. The molecule has 0 spiro atoms. The maximum absolute atomic E-state index is 12.7. The van der Waals surface area contributed by atoms with E-state index in [2.05, 4.69) is 0 Å². The average molecular weight is 411 g/mol. The van der Waals surface area contributed by atoms with Gasteiger partial charge < -0.3 is 10.2 Å². The Bertz CT molecular complexity index is 1010. The SMILES string of the molecule is O=C(O)c1cc(C(=O)O)cc(N2C(=O)/C(=C\C=C\c3ccccc3)SC2=S)c1. The van der Waals surface area contributed by atoms with Gasteiger partial charge in [-0.05, 0) is 29.8 Å². The monoisotopic (exact) mass is 411 g/mol. The predicted molar refractivity (Wildman–Crippen MR) is 112 cm³/mol. The van der Waals surface area contributed by atoms with E-state index in [0.29, 0.717) is 4.91 Å². The molecule has 28 heavy (non-hydrogen) atoms. The first-order chi connectivity index (χ1) is 13.4. The first-order valence-electron chi connectivity index (χ1n) is 7.98. The van der Waals surface area contributed by atoms with Gasteiger partial charge in [-0.2, -0.15) is 0 Å². The molecule has 2 N–H and O–H groups in total. The second-order valence-corrected chi connectivity index (χ2v) is 7.36. The van der Waals surface area contributed by atoms with Crippen LogP contribution in [0.15, 0.2) is 65.6 Å². The second kappa shape index (κ2) is 8.20. The zero-order valence-electron chi connectivity index (χ0n) is 14.2. The van der Waals surface area contributed by atoms with E-state index in [9.17, 15) is 24.6 Å². The van der Waals surface area contributed by atoms with Gasteiger partial charge in [-0.3, -0.25) is 9.69 Å². The highest BCUT2D eigenvalue weighted by Gasteiger charge is 2.33. The zero-order chi connectivity index (χ0) is 20.3. The van der Waals surface area contributed by atoms with Gasteiger partial charge in [0, 0.05) is 0 Å². The van der Waals surface area contributed by atoms with Crippen LogP contribution in [0.25, 0.3) is 6.08 Å². The summed E-state index contributed by atoms with van der Waals surface area (Å²) in [5, 5.41) is 18.4. The van der Waals surface area contributed by atoms with Gasteiger partial charge >= 0.3 is 11.9 Å². The van der Waals surface area contributed by atoms with Gasteiger partial charge in [0.1, 0.15) is 0 Å². The Kier molecular flexibility index (Phi) is 5.72. The number of anilines is 1. The number of hydrogen-bond donors (Lipinski definition) is 2. The number of thiocarbonyl (C=S) groups is 1. The molecular formula is C20H13NO5S2. The molecule has 0 saturated carbocycles. The number of hydrogen-bond acceptors (Lipinski definition) is 5. The van der Waals surface area contributed by atoms with Crippen molar-refractivity contribution < 1.29 is 24.6 Å². The largest absolute Gasteiger partial charge is 0.478 e. The number of benzene rings is 2. The van der Waals surface area contributed by atoms with Crippen LogP contribution in [0, 0.1) is 0 Å². The molecule has 8 heteroatoms. The number of carboxylic acid groups (broad SMARTS) is 2. The van der Waals surface area contributed by atoms with E-state index in [4.69, 9.17) is 12.2 Å². The molecule has 0 unspecified atom stereocenters. The summed E-state index contributed by atoms with van der Waals surface area (Å²) in [5.74, 6) is -3.03. The molecule has 0 aromatic heterocycles. The molecule has 1 aliphatic rings. The highest BCUT2D eigenvalue weighted by Crippen LogP contribution is 2.35. The van der Waals surface area contributed by atoms with Gasteiger partial charge in [-0.25, -0.2) is 9.59 Å². The number of carbonyl (C=O) groups excluding carboxylic acids is 1. The van der Waals surface area contributed by atoms with Crippen LogP contribution in [-0.2, 0) is 4.79 Å². The summed E-state index contributed by atoms with van der Waals surface area (Å²) >= 11 is 6.31. The van der Waals surface area contributed by atoms with Crippen LogP contribution in [0.5, 0.6) is 0 Å². The molecule has 1 heterocycles. The number of thioether (sulfide) groups is 1. The van der Waals surface area contributed by atoms with Crippen molar-refractivity contribution in [1.29, 1.82) is 0 Å². The van der Waals surface area contributed by atoms with Crippen LogP contribution < -0.4 is 4.90 Å². The molecule has 1 aliphatic heterocycles. The Balaban J connectivity index is 1.92. The van der Waals surface area contributed by atoms with Crippen LogP contribution in [-0.4, -0.2) is 32.4 Å². The van der Waals surface area contributed by atoms with Crippen molar-refractivity contribution in [2.24, 2.45) is 0 Å². The fourth-order valence-electron chi connectivity index (χ4n) is 2.50. The van der Waals surface area contributed by atoms with E-state index < -0.39 is 17.8 Å².